The number of thiophene rings is 1. The molecule has 1 aromatic carbocycles. The summed E-state index contributed by atoms with van der Waals surface area (Å²) in [6.07, 6.45) is 1.45. The van der Waals surface area contributed by atoms with E-state index in [0.717, 1.165) is 4.88 Å². The minimum atomic E-state index is -0.603. The summed E-state index contributed by atoms with van der Waals surface area (Å²) in [4.78, 5) is 32.5. The zero-order valence-electron chi connectivity index (χ0n) is 18.7. The number of nitrogens with zero attached hydrogens (tertiary/aromatic N) is 2. The topological polar surface area (TPSA) is 90.1 Å². The summed E-state index contributed by atoms with van der Waals surface area (Å²) >= 11 is 2.73. The second-order valence-electron chi connectivity index (χ2n) is 7.71. The molecule has 0 fully saturated rings. The maximum Gasteiger partial charge on any atom is 0.338 e. The molecule has 0 spiro atoms. The molecule has 0 bridgehead atoms. The Morgan fingerprint density at radius 3 is 2.79 bits per heavy atom. The lowest BCUT2D eigenvalue weighted by Gasteiger charge is -2.24. The molecule has 4 rings (SSSR count). The highest BCUT2D eigenvalue weighted by Crippen LogP contribution is 2.33. The lowest BCUT2D eigenvalue weighted by molar-refractivity contribution is -0.143. The Labute approximate surface area is 198 Å². The molecule has 1 aliphatic heterocycles. The van der Waals surface area contributed by atoms with Crippen molar-refractivity contribution in [2.75, 3.05) is 6.61 Å². The van der Waals surface area contributed by atoms with Crippen LogP contribution in [0.15, 0.2) is 56.8 Å². The smallest absolute Gasteiger partial charge is 0.338 e. The molecule has 2 aromatic heterocycles. The van der Waals surface area contributed by atoms with Crippen molar-refractivity contribution in [1.29, 1.82) is 0 Å². The minimum Gasteiger partial charge on any atom is -0.504 e. The summed E-state index contributed by atoms with van der Waals surface area (Å²) in [6, 6.07) is 8.12. The van der Waals surface area contributed by atoms with Crippen molar-refractivity contribution in [1.82, 2.24) is 4.57 Å². The zero-order chi connectivity index (χ0) is 23.7. The van der Waals surface area contributed by atoms with Gasteiger partial charge in [0.2, 0.25) is 0 Å². The SMILES string of the molecule is CCOc1cc(C=c2sc3n(c2=O)C(c2cccs2)C(C(=O)OC(C)C)=C(C)N=3)ccc1O. The van der Waals surface area contributed by atoms with Crippen molar-refractivity contribution >= 4 is 34.7 Å². The number of allylic oxidation sites excluding steroid dienone is 1. The first-order chi connectivity index (χ1) is 15.8. The Kier molecular flexibility index (Phi) is 6.53. The molecule has 1 aliphatic rings. The molecule has 1 unspecified atom stereocenters. The molecule has 0 saturated heterocycles. The van der Waals surface area contributed by atoms with E-state index >= 15 is 0 Å². The molecule has 0 amide bonds. The highest BCUT2D eigenvalue weighted by molar-refractivity contribution is 7.10. The number of carbonyl (C=O) groups excluding carboxylic acids is 1. The quantitative estimate of drug-likeness (QED) is 0.542. The van der Waals surface area contributed by atoms with Gasteiger partial charge in [-0.3, -0.25) is 9.36 Å². The lowest BCUT2D eigenvalue weighted by Crippen LogP contribution is -2.39. The number of esters is 1. The largest absolute Gasteiger partial charge is 0.504 e. The number of phenolic OH excluding ortho intramolecular Hbond substituents is 1. The number of hydrogen-bond donors (Lipinski definition) is 1. The first kappa shape index (κ1) is 23.0. The van der Waals surface area contributed by atoms with Crippen molar-refractivity contribution in [2.45, 2.75) is 39.8 Å². The van der Waals surface area contributed by atoms with Crippen molar-refractivity contribution in [3.63, 3.8) is 0 Å². The van der Waals surface area contributed by atoms with Gasteiger partial charge in [-0.1, -0.05) is 23.5 Å². The number of aromatic hydroxyl groups is 1. The van der Waals surface area contributed by atoms with Gasteiger partial charge in [-0.25, -0.2) is 9.79 Å². The van der Waals surface area contributed by atoms with Gasteiger partial charge in [-0.15, -0.1) is 11.3 Å². The van der Waals surface area contributed by atoms with E-state index in [0.29, 0.717) is 38.5 Å². The number of aromatic nitrogens is 1. The van der Waals surface area contributed by atoms with Crippen LogP contribution in [-0.4, -0.2) is 28.4 Å². The Morgan fingerprint density at radius 1 is 1.33 bits per heavy atom. The predicted molar refractivity (Wildman–Crippen MR) is 129 cm³/mol. The fourth-order valence-corrected chi connectivity index (χ4v) is 5.49. The summed E-state index contributed by atoms with van der Waals surface area (Å²) in [5, 5.41) is 11.9. The summed E-state index contributed by atoms with van der Waals surface area (Å²) in [5.74, 6) is -0.0824. The second-order valence-corrected chi connectivity index (χ2v) is 9.70. The van der Waals surface area contributed by atoms with Crippen LogP contribution in [0.1, 0.15) is 44.2 Å². The van der Waals surface area contributed by atoms with E-state index in [4.69, 9.17) is 9.47 Å². The average molecular weight is 485 g/mol. The van der Waals surface area contributed by atoms with Gasteiger partial charge in [0.15, 0.2) is 16.3 Å². The molecular formula is C24H24N2O5S2. The zero-order valence-corrected chi connectivity index (χ0v) is 20.3. The fraction of sp³-hybridized carbons (Fsp3) is 0.292. The van der Waals surface area contributed by atoms with Crippen molar-refractivity contribution in [3.8, 4) is 11.5 Å². The third kappa shape index (κ3) is 4.51. The van der Waals surface area contributed by atoms with Crippen LogP contribution >= 0.6 is 22.7 Å². The molecule has 0 radical (unpaired) electrons. The van der Waals surface area contributed by atoms with Crippen LogP contribution in [-0.2, 0) is 9.53 Å². The summed E-state index contributed by atoms with van der Waals surface area (Å²) in [6.45, 7) is 7.59. The van der Waals surface area contributed by atoms with E-state index in [1.54, 1.807) is 43.5 Å². The number of fused-ring (bicyclic) bond motifs is 1. The minimum absolute atomic E-state index is 0.0390. The van der Waals surface area contributed by atoms with Gasteiger partial charge in [0, 0.05) is 4.88 Å². The van der Waals surface area contributed by atoms with Crippen LogP contribution < -0.4 is 19.6 Å². The molecule has 172 valence electrons. The van der Waals surface area contributed by atoms with E-state index in [9.17, 15) is 14.7 Å². The van der Waals surface area contributed by atoms with Gasteiger partial charge in [-0.05, 0) is 62.9 Å². The Hall–Kier alpha value is -3.17. The first-order valence-corrected chi connectivity index (χ1v) is 12.2. The van der Waals surface area contributed by atoms with Crippen LogP contribution in [0.4, 0.5) is 0 Å². The predicted octanol–water partition coefficient (Wildman–Crippen LogP) is 3.35. The number of carbonyl (C=O) groups is 1. The third-order valence-corrected chi connectivity index (χ3v) is 6.89. The van der Waals surface area contributed by atoms with Crippen LogP contribution in [0.3, 0.4) is 0 Å². The normalized spacial score (nSPS) is 16.0. The van der Waals surface area contributed by atoms with E-state index in [-0.39, 0.29) is 17.4 Å². The number of thiazole rings is 1. The fourth-order valence-electron chi connectivity index (χ4n) is 3.62. The molecule has 3 aromatic rings. The van der Waals surface area contributed by atoms with Crippen molar-refractivity contribution in [2.24, 2.45) is 4.99 Å². The van der Waals surface area contributed by atoms with E-state index in [2.05, 4.69) is 4.99 Å². The van der Waals surface area contributed by atoms with Crippen LogP contribution in [0.2, 0.25) is 0 Å². The Bertz CT molecular complexity index is 1400. The molecule has 7 nitrogen and oxygen atoms in total. The number of phenols is 1. The lowest BCUT2D eigenvalue weighted by atomic mass is 10.0. The monoisotopic (exact) mass is 484 g/mol. The molecule has 0 saturated carbocycles. The van der Waals surface area contributed by atoms with Gasteiger partial charge in [0.1, 0.15) is 6.04 Å². The highest BCUT2D eigenvalue weighted by atomic mass is 32.1. The Balaban J connectivity index is 1.88. The first-order valence-electron chi connectivity index (χ1n) is 10.5. The number of hydrogen-bond acceptors (Lipinski definition) is 8. The van der Waals surface area contributed by atoms with Gasteiger partial charge < -0.3 is 14.6 Å². The number of rotatable bonds is 6. The van der Waals surface area contributed by atoms with Gasteiger partial charge in [0.25, 0.3) is 5.56 Å². The van der Waals surface area contributed by atoms with Crippen LogP contribution in [0.5, 0.6) is 11.5 Å². The second kappa shape index (κ2) is 9.36. The molecule has 9 heteroatoms. The molecule has 1 N–H and O–H groups in total. The van der Waals surface area contributed by atoms with Crippen molar-refractivity contribution in [3.05, 3.63) is 77.1 Å². The number of ether oxygens (including phenoxy) is 2. The molecule has 0 aliphatic carbocycles. The van der Waals surface area contributed by atoms with E-state index in [1.807, 2.05) is 24.4 Å². The third-order valence-electron chi connectivity index (χ3n) is 4.98. The maximum atomic E-state index is 13.5. The van der Waals surface area contributed by atoms with Crippen molar-refractivity contribution < 1.29 is 19.4 Å². The van der Waals surface area contributed by atoms with Crippen LogP contribution in [0.25, 0.3) is 6.08 Å². The van der Waals surface area contributed by atoms with Gasteiger partial charge in [-0.2, -0.15) is 0 Å². The van der Waals surface area contributed by atoms with Crippen LogP contribution in [0, 0.1) is 0 Å². The highest BCUT2D eigenvalue weighted by Gasteiger charge is 2.34. The Morgan fingerprint density at radius 2 is 2.12 bits per heavy atom. The van der Waals surface area contributed by atoms with E-state index < -0.39 is 12.0 Å². The summed E-state index contributed by atoms with van der Waals surface area (Å²) in [7, 11) is 0. The molecule has 1 atom stereocenters. The summed E-state index contributed by atoms with van der Waals surface area (Å²) in [5.41, 5.74) is 1.37. The molecule has 3 heterocycles. The molecule has 33 heavy (non-hydrogen) atoms. The molecular weight excluding hydrogens is 460 g/mol. The maximum absolute atomic E-state index is 13.5. The average Bonchev–Trinajstić information content (AvgIpc) is 3.38. The number of benzene rings is 1. The van der Waals surface area contributed by atoms with Gasteiger partial charge in [0.05, 0.1) is 28.5 Å². The van der Waals surface area contributed by atoms with E-state index in [1.165, 1.54) is 28.7 Å². The standard InChI is InChI=1S/C24H24N2O5S2/c1-5-30-17-11-15(8-9-16(17)27)12-19-22(28)26-21(18-7-6-10-32-18)20(23(29)31-13(2)3)14(4)25-24(26)33-19/h6-13,21,27H,5H2,1-4H3. The summed E-state index contributed by atoms with van der Waals surface area (Å²) < 4.78 is 13.0. The van der Waals surface area contributed by atoms with Gasteiger partial charge >= 0.3 is 5.97 Å².